The molecule has 0 radical (unpaired) electrons. The smallest absolute Gasteiger partial charge is 0.0953 e. The molecule has 1 heterocycles. The van der Waals surface area contributed by atoms with Crippen LogP contribution in [0, 0.1) is 17.3 Å². The van der Waals surface area contributed by atoms with Crippen molar-refractivity contribution in [1.29, 1.82) is 0 Å². The van der Waals surface area contributed by atoms with Crippen molar-refractivity contribution < 1.29 is 4.74 Å². The van der Waals surface area contributed by atoms with E-state index in [9.17, 15) is 0 Å². The Hall–Kier alpha value is -0.0400. The van der Waals surface area contributed by atoms with E-state index in [0.29, 0.717) is 17.1 Å². The summed E-state index contributed by atoms with van der Waals surface area (Å²) in [5.74, 6) is 1.83. The van der Waals surface area contributed by atoms with E-state index < -0.39 is 0 Å². The van der Waals surface area contributed by atoms with Crippen LogP contribution < -0.4 is 0 Å². The van der Waals surface area contributed by atoms with Gasteiger partial charge in [0.15, 0.2) is 0 Å². The van der Waals surface area contributed by atoms with Crippen molar-refractivity contribution >= 4 is 0 Å². The topological polar surface area (TPSA) is 12.5 Å². The first-order valence-electron chi connectivity index (χ1n) is 4.73. The van der Waals surface area contributed by atoms with E-state index in [4.69, 9.17) is 4.74 Å². The molecule has 0 unspecified atom stereocenters. The van der Waals surface area contributed by atoms with Gasteiger partial charge in [0.05, 0.1) is 11.7 Å². The lowest BCUT2D eigenvalue weighted by Crippen LogP contribution is -2.56. The third-order valence-corrected chi connectivity index (χ3v) is 4.64. The van der Waals surface area contributed by atoms with Gasteiger partial charge >= 0.3 is 0 Å². The van der Waals surface area contributed by atoms with E-state index in [1.165, 1.54) is 12.8 Å². The molecule has 1 aliphatic heterocycles. The Kier molecular flexibility index (Phi) is 0.820. The first-order valence-corrected chi connectivity index (χ1v) is 4.73. The molecule has 11 heavy (non-hydrogen) atoms. The minimum atomic E-state index is 0.304. The van der Waals surface area contributed by atoms with Crippen molar-refractivity contribution in [2.45, 2.75) is 45.3 Å². The van der Waals surface area contributed by atoms with Gasteiger partial charge in [-0.3, -0.25) is 0 Å². The number of ether oxygens (including phenoxy) is 1. The van der Waals surface area contributed by atoms with E-state index in [1.807, 2.05) is 0 Å². The maximum absolute atomic E-state index is 5.75. The van der Waals surface area contributed by atoms with Crippen LogP contribution in [-0.2, 0) is 4.74 Å². The maximum Gasteiger partial charge on any atom is 0.0953 e. The molecule has 3 saturated carbocycles. The maximum atomic E-state index is 5.75. The zero-order chi connectivity index (χ0) is 7.85. The second kappa shape index (κ2) is 1.39. The normalized spacial score (nSPS) is 63.0. The predicted octanol–water partition coefficient (Wildman–Crippen LogP) is 2.21. The van der Waals surface area contributed by atoms with Gasteiger partial charge in [-0.25, -0.2) is 0 Å². The summed E-state index contributed by atoms with van der Waals surface area (Å²) in [5, 5.41) is 0. The highest BCUT2D eigenvalue weighted by molar-refractivity contribution is 5.20. The molecule has 4 rings (SSSR count). The fourth-order valence-corrected chi connectivity index (χ4v) is 3.51. The molecule has 0 amide bonds. The van der Waals surface area contributed by atoms with Crippen LogP contribution in [0.25, 0.3) is 0 Å². The van der Waals surface area contributed by atoms with Crippen LogP contribution in [0.4, 0.5) is 0 Å². The lowest BCUT2D eigenvalue weighted by molar-refractivity contribution is -0.0789. The van der Waals surface area contributed by atoms with E-state index in [-0.39, 0.29) is 0 Å². The van der Waals surface area contributed by atoms with Gasteiger partial charge in [-0.05, 0) is 37.0 Å². The molecular formula is C10H16O. The Morgan fingerprint density at radius 1 is 1.18 bits per heavy atom. The number of rotatable bonds is 0. The molecule has 1 saturated heterocycles. The number of hydrogen-bond acceptors (Lipinski definition) is 1. The van der Waals surface area contributed by atoms with Gasteiger partial charge in [0.1, 0.15) is 0 Å². The summed E-state index contributed by atoms with van der Waals surface area (Å²) in [4.78, 5) is 0. The van der Waals surface area contributed by atoms with E-state index in [1.54, 1.807) is 0 Å². The molecule has 0 N–H and O–H groups in total. The second-order valence-electron chi connectivity index (χ2n) is 5.33. The second-order valence-corrected chi connectivity index (χ2v) is 5.33. The zero-order valence-corrected chi connectivity index (χ0v) is 7.55. The molecule has 4 fully saturated rings. The summed E-state index contributed by atoms with van der Waals surface area (Å²) in [5.41, 5.74) is 0.889. The molecular weight excluding hydrogens is 136 g/mol. The Morgan fingerprint density at radius 3 is 2.36 bits per heavy atom. The summed E-state index contributed by atoms with van der Waals surface area (Å²) in [6.45, 7) is 7.13. The predicted molar refractivity (Wildman–Crippen MR) is 43.3 cm³/mol. The average Bonchev–Trinajstić information content (AvgIpc) is 2.58. The minimum absolute atomic E-state index is 0.304. The van der Waals surface area contributed by atoms with E-state index >= 15 is 0 Å². The lowest BCUT2D eigenvalue weighted by Gasteiger charge is -2.57. The van der Waals surface area contributed by atoms with Crippen LogP contribution in [-0.4, -0.2) is 11.7 Å². The number of hydrogen-bond donors (Lipinski definition) is 0. The van der Waals surface area contributed by atoms with Crippen LogP contribution in [0.5, 0.6) is 0 Å². The van der Waals surface area contributed by atoms with Crippen molar-refractivity contribution in [3.8, 4) is 0 Å². The van der Waals surface area contributed by atoms with Gasteiger partial charge < -0.3 is 4.74 Å². The molecule has 1 nitrogen and oxygen atoms in total. The van der Waals surface area contributed by atoms with Crippen LogP contribution in [0.15, 0.2) is 0 Å². The summed E-state index contributed by atoms with van der Waals surface area (Å²) in [7, 11) is 0. The molecule has 2 bridgehead atoms. The molecule has 0 aromatic carbocycles. The largest absolute Gasteiger partial charge is 0.366 e. The first kappa shape index (κ1) is 6.47. The van der Waals surface area contributed by atoms with Crippen LogP contribution in [0.3, 0.4) is 0 Å². The van der Waals surface area contributed by atoms with E-state index in [2.05, 4.69) is 20.8 Å². The fraction of sp³-hybridized carbons (Fsp3) is 1.00. The molecule has 0 spiro atoms. The average molecular weight is 152 g/mol. The van der Waals surface area contributed by atoms with Gasteiger partial charge in [-0.15, -0.1) is 0 Å². The Morgan fingerprint density at radius 2 is 1.91 bits per heavy atom. The van der Waals surface area contributed by atoms with Gasteiger partial charge in [0.2, 0.25) is 0 Å². The third kappa shape index (κ3) is 0.516. The highest BCUT2D eigenvalue weighted by Crippen LogP contribution is 2.70. The van der Waals surface area contributed by atoms with Crippen molar-refractivity contribution in [2.75, 3.05) is 0 Å². The van der Waals surface area contributed by atoms with Gasteiger partial charge in [-0.2, -0.15) is 0 Å². The molecule has 0 aromatic rings. The van der Waals surface area contributed by atoms with Crippen LogP contribution in [0.1, 0.15) is 33.6 Å². The van der Waals surface area contributed by atoms with Gasteiger partial charge in [0.25, 0.3) is 0 Å². The Bertz CT molecular complexity index is 216. The summed E-state index contributed by atoms with van der Waals surface area (Å²) in [6, 6.07) is 0. The summed E-state index contributed by atoms with van der Waals surface area (Å²) < 4.78 is 5.75. The summed E-state index contributed by atoms with van der Waals surface area (Å²) >= 11 is 0. The molecule has 0 aromatic heterocycles. The standard InChI is InChI=1S/C10H16O/c1-9(2)6-4-7(9)10(3)8(5-6)11-10/h6-8H,4-5H2,1-3H3/t6-,7-,8+,10+/m0/s1. The summed E-state index contributed by atoms with van der Waals surface area (Å²) in [6.07, 6.45) is 3.40. The van der Waals surface area contributed by atoms with Crippen LogP contribution in [0.2, 0.25) is 0 Å². The highest BCUT2D eigenvalue weighted by Gasteiger charge is 2.72. The molecule has 62 valence electrons. The van der Waals surface area contributed by atoms with Crippen molar-refractivity contribution in [3.63, 3.8) is 0 Å². The van der Waals surface area contributed by atoms with Crippen molar-refractivity contribution in [1.82, 2.24) is 0 Å². The van der Waals surface area contributed by atoms with Gasteiger partial charge in [-0.1, -0.05) is 13.8 Å². The zero-order valence-electron chi connectivity index (χ0n) is 7.55. The molecule has 4 atom stereocenters. The first-order chi connectivity index (χ1) is 5.05. The molecule has 3 aliphatic carbocycles. The van der Waals surface area contributed by atoms with Crippen molar-refractivity contribution in [3.05, 3.63) is 0 Å². The molecule has 1 heteroatoms. The number of epoxide rings is 1. The SMILES string of the molecule is CC1(C)[C@@H]2C[C@H]3O[C@]3(C)[C@H]1C2. The van der Waals surface area contributed by atoms with Gasteiger partial charge in [0, 0.05) is 0 Å². The lowest BCUT2D eigenvalue weighted by atomic mass is 9.46. The third-order valence-electron chi connectivity index (χ3n) is 4.64. The van der Waals surface area contributed by atoms with E-state index in [0.717, 1.165) is 11.8 Å². The monoisotopic (exact) mass is 152 g/mol. The Balaban J connectivity index is 1.98. The van der Waals surface area contributed by atoms with Crippen molar-refractivity contribution in [2.24, 2.45) is 17.3 Å². The Labute approximate surface area is 68.1 Å². The van der Waals surface area contributed by atoms with Crippen LogP contribution >= 0.6 is 0 Å². The minimum Gasteiger partial charge on any atom is -0.366 e. The fourth-order valence-electron chi connectivity index (χ4n) is 3.51. The molecule has 4 aliphatic rings. The quantitative estimate of drug-likeness (QED) is 0.485. The highest BCUT2D eigenvalue weighted by atomic mass is 16.6.